The molecule has 1 heterocycles. The summed E-state index contributed by atoms with van der Waals surface area (Å²) in [6, 6.07) is 6.75. The zero-order valence-corrected chi connectivity index (χ0v) is 13.0. The Morgan fingerprint density at radius 3 is 2.17 bits per heavy atom. The fourth-order valence-electron chi connectivity index (χ4n) is 3.16. The first kappa shape index (κ1) is 15.5. The lowest BCUT2D eigenvalue weighted by Gasteiger charge is -2.14. The average molecular weight is 313 g/mol. The molecule has 1 aromatic rings. The molecular weight excluding hydrogens is 294 g/mol. The van der Waals surface area contributed by atoms with Gasteiger partial charge in [-0.15, -0.1) is 0 Å². The molecule has 1 aliphatic carbocycles. The third kappa shape index (κ3) is 2.91. The second kappa shape index (κ2) is 6.36. The van der Waals surface area contributed by atoms with Gasteiger partial charge in [-0.3, -0.25) is 19.3 Å². The minimum Gasteiger partial charge on any atom is -0.494 e. The number of nitrogens with zero attached hydrogens (tertiary/aromatic N) is 1. The molecule has 0 aromatic heterocycles. The van der Waals surface area contributed by atoms with Crippen molar-refractivity contribution in [3.05, 3.63) is 42.0 Å². The van der Waals surface area contributed by atoms with E-state index in [4.69, 9.17) is 4.74 Å². The number of imide groups is 1. The summed E-state index contributed by atoms with van der Waals surface area (Å²) in [6.07, 6.45) is 5.04. The second-order valence-corrected chi connectivity index (χ2v) is 5.80. The van der Waals surface area contributed by atoms with Gasteiger partial charge in [-0.1, -0.05) is 12.2 Å². The van der Waals surface area contributed by atoms with Gasteiger partial charge in [-0.2, -0.15) is 0 Å². The van der Waals surface area contributed by atoms with Crippen molar-refractivity contribution in [1.29, 1.82) is 0 Å². The van der Waals surface area contributed by atoms with Crippen molar-refractivity contribution in [2.24, 2.45) is 11.8 Å². The normalized spacial score (nSPS) is 23.1. The summed E-state index contributed by atoms with van der Waals surface area (Å²) in [4.78, 5) is 38.2. The van der Waals surface area contributed by atoms with E-state index in [1.165, 1.54) is 0 Å². The molecule has 0 spiro atoms. The third-order valence-electron chi connectivity index (χ3n) is 4.39. The molecule has 1 fully saturated rings. The predicted molar refractivity (Wildman–Crippen MR) is 84.0 cm³/mol. The van der Waals surface area contributed by atoms with Crippen LogP contribution in [0, 0.1) is 11.8 Å². The standard InChI is InChI=1S/C18H19NO4/c1-2-23-13-9-7-12(8-10-13)16(20)11-19-17(21)14-5-3-4-6-15(14)18(19)22/h3-4,7-10,14-15H,2,5-6,11H2,1H3/t14-,15+. The minimum absolute atomic E-state index is 0.182. The number of hydrogen-bond acceptors (Lipinski definition) is 4. The average Bonchev–Trinajstić information content (AvgIpc) is 2.81. The number of ketones is 1. The van der Waals surface area contributed by atoms with Gasteiger partial charge < -0.3 is 4.74 Å². The third-order valence-corrected chi connectivity index (χ3v) is 4.39. The van der Waals surface area contributed by atoms with Crippen molar-refractivity contribution in [3.8, 4) is 5.75 Å². The number of hydrogen-bond donors (Lipinski definition) is 0. The number of likely N-dealkylation sites (tertiary alicyclic amines) is 1. The van der Waals surface area contributed by atoms with Crippen LogP contribution in [0.4, 0.5) is 0 Å². The Hall–Kier alpha value is -2.43. The zero-order valence-electron chi connectivity index (χ0n) is 13.0. The first-order valence-corrected chi connectivity index (χ1v) is 7.88. The van der Waals surface area contributed by atoms with Crippen LogP contribution in [0.5, 0.6) is 5.75 Å². The highest BCUT2D eigenvalue weighted by atomic mass is 16.5. The molecule has 0 radical (unpaired) electrons. The van der Waals surface area contributed by atoms with Crippen LogP contribution in [0.25, 0.3) is 0 Å². The van der Waals surface area contributed by atoms with Crippen LogP contribution in [-0.4, -0.2) is 35.6 Å². The van der Waals surface area contributed by atoms with Crippen molar-refractivity contribution in [2.75, 3.05) is 13.2 Å². The Labute approximate surface area is 134 Å². The maximum absolute atomic E-state index is 12.4. The number of fused-ring (bicyclic) bond motifs is 1. The quantitative estimate of drug-likeness (QED) is 0.475. The number of ether oxygens (including phenoxy) is 1. The summed E-state index contributed by atoms with van der Waals surface area (Å²) in [5.41, 5.74) is 0.474. The van der Waals surface area contributed by atoms with Crippen molar-refractivity contribution >= 4 is 17.6 Å². The Morgan fingerprint density at radius 1 is 1.09 bits per heavy atom. The van der Waals surface area contributed by atoms with Gasteiger partial charge in [0.05, 0.1) is 25.0 Å². The van der Waals surface area contributed by atoms with Gasteiger partial charge in [0.25, 0.3) is 0 Å². The Balaban J connectivity index is 1.70. The van der Waals surface area contributed by atoms with E-state index in [-0.39, 0.29) is 36.0 Å². The SMILES string of the molecule is CCOc1ccc(C(=O)CN2C(=O)[C@H]3CC=CC[C@H]3C2=O)cc1. The summed E-state index contributed by atoms with van der Waals surface area (Å²) >= 11 is 0. The van der Waals surface area contributed by atoms with Crippen LogP contribution in [0.1, 0.15) is 30.1 Å². The van der Waals surface area contributed by atoms with Gasteiger partial charge in [0, 0.05) is 5.56 Å². The molecule has 0 unspecified atom stereocenters. The smallest absolute Gasteiger partial charge is 0.233 e. The molecular formula is C18H19NO4. The molecule has 1 aliphatic heterocycles. The van der Waals surface area contributed by atoms with Crippen LogP contribution in [-0.2, 0) is 9.59 Å². The predicted octanol–water partition coefficient (Wildman–Crippen LogP) is 2.22. The van der Waals surface area contributed by atoms with E-state index in [0.29, 0.717) is 30.8 Å². The fourth-order valence-corrected chi connectivity index (χ4v) is 3.16. The number of allylic oxidation sites excluding steroid dienone is 2. The molecule has 120 valence electrons. The van der Waals surface area contributed by atoms with Gasteiger partial charge in [-0.25, -0.2) is 0 Å². The lowest BCUT2D eigenvalue weighted by atomic mass is 9.85. The topological polar surface area (TPSA) is 63.7 Å². The van der Waals surface area contributed by atoms with Crippen LogP contribution in [0.2, 0.25) is 0 Å². The summed E-state index contributed by atoms with van der Waals surface area (Å²) in [5, 5.41) is 0. The van der Waals surface area contributed by atoms with Crippen molar-refractivity contribution in [3.63, 3.8) is 0 Å². The summed E-state index contributed by atoms with van der Waals surface area (Å²) in [6.45, 7) is 2.26. The lowest BCUT2D eigenvalue weighted by molar-refractivity contribution is -0.139. The Bertz CT molecular complexity index is 636. The first-order valence-electron chi connectivity index (χ1n) is 7.88. The van der Waals surface area contributed by atoms with E-state index in [0.717, 1.165) is 4.90 Å². The zero-order chi connectivity index (χ0) is 16.4. The van der Waals surface area contributed by atoms with Crippen LogP contribution < -0.4 is 4.74 Å². The molecule has 0 N–H and O–H groups in total. The highest BCUT2D eigenvalue weighted by Crippen LogP contribution is 2.35. The molecule has 1 saturated heterocycles. The minimum atomic E-state index is -0.291. The Kier molecular flexibility index (Phi) is 4.28. The highest BCUT2D eigenvalue weighted by Gasteiger charge is 2.47. The van der Waals surface area contributed by atoms with E-state index < -0.39 is 0 Å². The van der Waals surface area contributed by atoms with E-state index in [9.17, 15) is 14.4 Å². The first-order chi connectivity index (χ1) is 11.1. The van der Waals surface area contributed by atoms with Gasteiger partial charge in [0.1, 0.15) is 5.75 Å². The fraction of sp³-hybridized carbons (Fsp3) is 0.389. The highest BCUT2D eigenvalue weighted by molar-refractivity contribution is 6.10. The van der Waals surface area contributed by atoms with Crippen molar-refractivity contribution < 1.29 is 19.1 Å². The maximum atomic E-state index is 12.4. The van der Waals surface area contributed by atoms with Crippen LogP contribution >= 0.6 is 0 Å². The van der Waals surface area contributed by atoms with Crippen LogP contribution in [0.3, 0.4) is 0 Å². The molecule has 5 nitrogen and oxygen atoms in total. The maximum Gasteiger partial charge on any atom is 0.233 e. The number of carbonyl (C=O) groups excluding carboxylic acids is 3. The van der Waals surface area contributed by atoms with Gasteiger partial charge >= 0.3 is 0 Å². The summed E-state index contributed by atoms with van der Waals surface area (Å²) in [5.74, 6) is -0.565. The van der Waals surface area contributed by atoms with E-state index in [1.807, 2.05) is 19.1 Å². The number of Topliss-reactive ketones (excluding diaryl/α,β-unsaturated/α-hetero) is 1. The number of amides is 2. The van der Waals surface area contributed by atoms with Crippen LogP contribution in [0.15, 0.2) is 36.4 Å². The summed E-state index contributed by atoms with van der Waals surface area (Å²) in [7, 11) is 0. The number of benzene rings is 1. The van der Waals surface area contributed by atoms with E-state index in [1.54, 1.807) is 24.3 Å². The molecule has 23 heavy (non-hydrogen) atoms. The number of rotatable bonds is 5. The summed E-state index contributed by atoms with van der Waals surface area (Å²) < 4.78 is 5.34. The van der Waals surface area contributed by atoms with Gasteiger partial charge in [0.2, 0.25) is 11.8 Å². The molecule has 0 saturated carbocycles. The van der Waals surface area contributed by atoms with Crippen molar-refractivity contribution in [1.82, 2.24) is 4.90 Å². The molecule has 2 atom stereocenters. The largest absolute Gasteiger partial charge is 0.494 e. The number of carbonyl (C=O) groups is 3. The monoisotopic (exact) mass is 313 g/mol. The molecule has 0 bridgehead atoms. The molecule has 3 rings (SSSR count). The Morgan fingerprint density at radius 2 is 1.65 bits per heavy atom. The lowest BCUT2D eigenvalue weighted by Crippen LogP contribution is -2.36. The van der Waals surface area contributed by atoms with E-state index in [2.05, 4.69) is 0 Å². The van der Waals surface area contributed by atoms with Gasteiger partial charge in [-0.05, 0) is 44.0 Å². The molecule has 2 amide bonds. The van der Waals surface area contributed by atoms with Gasteiger partial charge in [0.15, 0.2) is 5.78 Å². The molecule has 2 aliphatic rings. The molecule has 1 aromatic carbocycles. The second-order valence-electron chi connectivity index (χ2n) is 5.80. The van der Waals surface area contributed by atoms with Crippen molar-refractivity contribution in [2.45, 2.75) is 19.8 Å². The van der Waals surface area contributed by atoms with E-state index >= 15 is 0 Å². The molecule has 5 heteroatoms.